The second-order valence-corrected chi connectivity index (χ2v) is 3.52. The average molecular weight is 191 g/mol. The Balaban J connectivity index is 2.97. The standard InChI is InChI=1S/C10H9NOS/c1-11-5-4-7-2-3-8(13)6-9(7)10(11)12/h2-6,13H,1H3. The predicted octanol–water partition coefficient (Wildman–Crippen LogP) is 1.83. The number of hydrogen-bond donors (Lipinski definition) is 1. The van der Waals surface area contributed by atoms with Gasteiger partial charge in [0.05, 0.1) is 0 Å². The number of rotatable bonds is 0. The third kappa shape index (κ3) is 1.35. The van der Waals surface area contributed by atoms with Crippen LogP contribution in [0.25, 0.3) is 10.8 Å². The third-order valence-electron chi connectivity index (χ3n) is 2.07. The number of fused-ring (bicyclic) bond motifs is 1. The lowest BCUT2D eigenvalue weighted by atomic mass is 10.2. The van der Waals surface area contributed by atoms with Crippen LogP contribution in [0.15, 0.2) is 40.2 Å². The van der Waals surface area contributed by atoms with E-state index >= 15 is 0 Å². The molecule has 1 aromatic carbocycles. The van der Waals surface area contributed by atoms with Gasteiger partial charge in [-0.3, -0.25) is 4.79 Å². The minimum atomic E-state index is 0.0217. The minimum Gasteiger partial charge on any atom is -0.318 e. The fourth-order valence-corrected chi connectivity index (χ4v) is 1.53. The van der Waals surface area contributed by atoms with E-state index in [1.54, 1.807) is 23.9 Å². The highest BCUT2D eigenvalue weighted by molar-refractivity contribution is 7.80. The number of nitrogens with zero attached hydrogens (tertiary/aromatic N) is 1. The van der Waals surface area contributed by atoms with E-state index in [2.05, 4.69) is 12.6 Å². The van der Waals surface area contributed by atoms with Crippen molar-refractivity contribution in [1.82, 2.24) is 4.57 Å². The zero-order valence-corrected chi connectivity index (χ0v) is 8.08. The smallest absolute Gasteiger partial charge is 0.258 e. The quantitative estimate of drug-likeness (QED) is 0.630. The maximum atomic E-state index is 11.6. The first kappa shape index (κ1) is 8.38. The van der Waals surface area contributed by atoms with E-state index in [-0.39, 0.29) is 5.56 Å². The summed E-state index contributed by atoms with van der Waals surface area (Å²) in [6, 6.07) is 7.49. The molecule has 0 spiro atoms. The van der Waals surface area contributed by atoms with E-state index in [0.29, 0.717) is 0 Å². The lowest BCUT2D eigenvalue weighted by Gasteiger charge is -2.00. The molecule has 13 heavy (non-hydrogen) atoms. The fraction of sp³-hybridized carbons (Fsp3) is 0.100. The van der Waals surface area contributed by atoms with Crippen molar-refractivity contribution >= 4 is 23.4 Å². The lowest BCUT2D eigenvalue weighted by molar-refractivity contribution is 0.873. The molecule has 0 amide bonds. The van der Waals surface area contributed by atoms with Gasteiger partial charge >= 0.3 is 0 Å². The van der Waals surface area contributed by atoms with Crippen LogP contribution in [-0.2, 0) is 7.05 Å². The van der Waals surface area contributed by atoms with Gasteiger partial charge in [-0.25, -0.2) is 0 Å². The van der Waals surface area contributed by atoms with Crippen LogP contribution < -0.4 is 5.56 Å². The largest absolute Gasteiger partial charge is 0.318 e. The molecule has 0 radical (unpaired) electrons. The molecule has 0 saturated heterocycles. The van der Waals surface area contributed by atoms with Crippen molar-refractivity contribution in [3.05, 3.63) is 40.8 Å². The Morgan fingerprint density at radius 3 is 2.85 bits per heavy atom. The van der Waals surface area contributed by atoms with E-state index in [9.17, 15) is 4.79 Å². The number of aryl methyl sites for hydroxylation is 1. The van der Waals surface area contributed by atoms with Gasteiger partial charge in [-0.2, -0.15) is 0 Å². The van der Waals surface area contributed by atoms with Gasteiger partial charge in [0.15, 0.2) is 0 Å². The van der Waals surface area contributed by atoms with Crippen molar-refractivity contribution in [2.75, 3.05) is 0 Å². The lowest BCUT2D eigenvalue weighted by Crippen LogP contribution is -2.15. The van der Waals surface area contributed by atoms with Crippen LogP contribution >= 0.6 is 12.6 Å². The van der Waals surface area contributed by atoms with Crippen molar-refractivity contribution < 1.29 is 0 Å². The Bertz CT molecular complexity index is 511. The molecule has 1 aromatic heterocycles. The Kier molecular flexibility index (Phi) is 1.88. The van der Waals surface area contributed by atoms with Crippen LogP contribution in [0, 0.1) is 0 Å². The molecule has 0 aliphatic heterocycles. The zero-order valence-electron chi connectivity index (χ0n) is 7.19. The van der Waals surface area contributed by atoms with Gasteiger partial charge < -0.3 is 4.57 Å². The first-order valence-corrected chi connectivity index (χ1v) is 4.41. The molecule has 2 rings (SSSR count). The van der Waals surface area contributed by atoms with Crippen LogP contribution in [-0.4, -0.2) is 4.57 Å². The normalized spacial score (nSPS) is 10.6. The van der Waals surface area contributed by atoms with Crippen LogP contribution in [0.2, 0.25) is 0 Å². The van der Waals surface area contributed by atoms with Crippen molar-refractivity contribution in [3.8, 4) is 0 Å². The average Bonchev–Trinajstić information content (AvgIpc) is 2.12. The molecule has 0 unspecified atom stereocenters. The molecule has 1 heterocycles. The molecule has 66 valence electrons. The summed E-state index contributed by atoms with van der Waals surface area (Å²) in [5.41, 5.74) is 0.0217. The van der Waals surface area contributed by atoms with E-state index in [1.807, 2.05) is 18.2 Å². The monoisotopic (exact) mass is 191 g/mol. The zero-order chi connectivity index (χ0) is 9.42. The maximum Gasteiger partial charge on any atom is 0.258 e. The van der Waals surface area contributed by atoms with Gasteiger partial charge in [0.25, 0.3) is 5.56 Å². The Morgan fingerprint density at radius 1 is 1.31 bits per heavy atom. The fourth-order valence-electron chi connectivity index (χ4n) is 1.32. The van der Waals surface area contributed by atoms with Crippen molar-refractivity contribution in [2.24, 2.45) is 7.05 Å². The van der Waals surface area contributed by atoms with Crippen molar-refractivity contribution in [1.29, 1.82) is 0 Å². The minimum absolute atomic E-state index is 0.0217. The molecule has 0 aliphatic rings. The summed E-state index contributed by atoms with van der Waals surface area (Å²) < 4.78 is 1.57. The Labute approximate surface area is 81.2 Å². The number of hydrogen-bond acceptors (Lipinski definition) is 2. The van der Waals surface area contributed by atoms with Gasteiger partial charge in [0.2, 0.25) is 0 Å². The highest BCUT2D eigenvalue weighted by Crippen LogP contribution is 2.14. The summed E-state index contributed by atoms with van der Waals surface area (Å²) in [6.45, 7) is 0. The second-order valence-electron chi connectivity index (χ2n) is 3.00. The maximum absolute atomic E-state index is 11.6. The van der Waals surface area contributed by atoms with Gasteiger partial charge in [-0.05, 0) is 23.6 Å². The topological polar surface area (TPSA) is 22.0 Å². The van der Waals surface area contributed by atoms with Crippen LogP contribution in [0.5, 0.6) is 0 Å². The molecular formula is C10H9NOS. The molecule has 2 aromatic rings. The number of thiol groups is 1. The molecule has 0 saturated carbocycles. The van der Waals surface area contributed by atoms with Crippen LogP contribution in [0.1, 0.15) is 0 Å². The Morgan fingerprint density at radius 2 is 2.08 bits per heavy atom. The van der Waals surface area contributed by atoms with Gasteiger partial charge in [-0.1, -0.05) is 6.07 Å². The summed E-state index contributed by atoms with van der Waals surface area (Å²) in [7, 11) is 1.74. The van der Waals surface area contributed by atoms with Crippen molar-refractivity contribution in [2.45, 2.75) is 4.90 Å². The number of benzene rings is 1. The molecular weight excluding hydrogens is 182 g/mol. The summed E-state index contributed by atoms with van der Waals surface area (Å²) in [5.74, 6) is 0. The molecule has 0 bridgehead atoms. The Hall–Kier alpha value is -1.22. The molecule has 0 fully saturated rings. The summed E-state index contributed by atoms with van der Waals surface area (Å²) >= 11 is 4.19. The van der Waals surface area contributed by atoms with Crippen LogP contribution in [0.4, 0.5) is 0 Å². The molecule has 0 aliphatic carbocycles. The van der Waals surface area contributed by atoms with Crippen LogP contribution in [0.3, 0.4) is 0 Å². The highest BCUT2D eigenvalue weighted by atomic mass is 32.1. The van der Waals surface area contributed by atoms with E-state index < -0.39 is 0 Å². The van der Waals surface area contributed by atoms with E-state index in [0.717, 1.165) is 15.7 Å². The van der Waals surface area contributed by atoms with Gasteiger partial charge in [0.1, 0.15) is 0 Å². The molecule has 0 atom stereocenters. The molecule has 3 heteroatoms. The third-order valence-corrected chi connectivity index (χ3v) is 2.34. The number of pyridine rings is 1. The highest BCUT2D eigenvalue weighted by Gasteiger charge is 1.99. The number of aromatic nitrogens is 1. The first-order valence-electron chi connectivity index (χ1n) is 3.97. The van der Waals surface area contributed by atoms with E-state index in [4.69, 9.17) is 0 Å². The summed E-state index contributed by atoms with van der Waals surface area (Å²) in [6.07, 6.45) is 1.77. The van der Waals surface area contributed by atoms with E-state index in [1.165, 1.54) is 0 Å². The predicted molar refractivity (Wildman–Crippen MR) is 56.4 cm³/mol. The first-order chi connectivity index (χ1) is 6.18. The summed E-state index contributed by atoms with van der Waals surface area (Å²) in [4.78, 5) is 12.4. The second kappa shape index (κ2) is 2.92. The molecule has 2 nitrogen and oxygen atoms in total. The SMILES string of the molecule is Cn1ccc2ccc(S)cc2c1=O. The van der Waals surface area contributed by atoms with Gasteiger partial charge in [0, 0.05) is 23.5 Å². The molecule has 0 N–H and O–H groups in total. The van der Waals surface area contributed by atoms with Gasteiger partial charge in [-0.15, -0.1) is 12.6 Å². The van der Waals surface area contributed by atoms with Crippen molar-refractivity contribution in [3.63, 3.8) is 0 Å². The summed E-state index contributed by atoms with van der Waals surface area (Å²) in [5, 5.41) is 1.68.